The first-order valence-corrected chi connectivity index (χ1v) is 26.7. The van der Waals surface area contributed by atoms with E-state index in [-0.39, 0.29) is 37.5 Å². The first-order valence-electron chi connectivity index (χ1n) is 26.7. The molecule has 0 bridgehead atoms. The summed E-state index contributed by atoms with van der Waals surface area (Å²) in [7, 11) is 0. The van der Waals surface area contributed by atoms with Crippen molar-refractivity contribution in [2.24, 2.45) is 0 Å². The SMILES string of the molecule is CC/C=C\C/C=C\C/C=C\C/C=C\CCC(=O)OCC(COC(=O)CCCCCCCCCCC/C=C\CCCCCCCC)OC(=O)CCCCCCC/C=C\C/C=C\C/C=C\CC. The second-order valence-electron chi connectivity index (χ2n) is 17.4. The molecule has 0 saturated carbocycles. The van der Waals surface area contributed by atoms with Crippen LogP contribution in [0.15, 0.2) is 97.2 Å². The number of esters is 3. The predicted octanol–water partition coefficient (Wildman–Crippen LogP) is 17.8. The Kier molecular flexibility index (Phi) is 50.0. The van der Waals surface area contributed by atoms with Gasteiger partial charge in [0.05, 0.1) is 0 Å². The topological polar surface area (TPSA) is 78.9 Å². The van der Waals surface area contributed by atoms with Crippen LogP contribution in [0.1, 0.15) is 239 Å². The Morgan fingerprint density at radius 2 is 0.631 bits per heavy atom. The zero-order chi connectivity index (χ0) is 47.2. The lowest BCUT2D eigenvalue weighted by molar-refractivity contribution is -0.166. The molecule has 0 aromatic rings. The first-order chi connectivity index (χ1) is 32.0. The lowest BCUT2D eigenvalue weighted by Gasteiger charge is -2.18. The molecule has 65 heavy (non-hydrogen) atoms. The summed E-state index contributed by atoms with van der Waals surface area (Å²) in [5, 5.41) is 0. The third-order valence-electron chi connectivity index (χ3n) is 11.1. The maximum absolute atomic E-state index is 12.8. The summed E-state index contributed by atoms with van der Waals surface area (Å²) in [6, 6.07) is 0. The van der Waals surface area contributed by atoms with Gasteiger partial charge in [-0.1, -0.05) is 214 Å². The molecule has 6 nitrogen and oxygen atoms in total. The molecule has 370 valence electrons. The van der Waals surface area contributed by atoms with Crippen molar-refractivity contribution < 1.29 is 28.6 Å². The second kappa shape index (κ2) is 52.9. The van der Waals surface area contributed by atoms with Crippen molar-refractivity contribution in [3.63, 3.8) is 0 Å². The molecule has 0 aliphatic heterocycles. The summed E-state index contributed by atoms with van der Waals surface area (Å²) in [5.41, 5.74) is 0. The average molecular weight is 903 g/mol. The fourth-order valence-electron chi connectivity index (χ4n) is 7.11. The number of ether oxygens (including phenoxy) is 3. The minimum atomic E-state index is -0.816. The van der Waals surface area contributed by atoms with E-state index in [1.165, 1.54) is 89.9 Å². The van der Waals surface area contributed by atoms with Gasteiger partial charge >= 0.3 is 17.9 Å². The highest BCUT2D eigenvalue weighted by Crippen LogP contribution is 2.14. The Labute approximate surface area is 400 Å². The van der Waals surface area contributed by atoms with Crippen molar-refractivity contribution in [1.29, 1.82) is 0 Å². The van der Waals surface area contributed by atoms with Crippen LogP contribution in [0.4, 0.5) is 0 Å². The molecule has 0 fully saturated rings. The monoisotopic (exact) mass is 903 g/mol. The van der Waals surface area contributed by atoms with Gasteiger partial charge in [0.2, 0.25) is 0 Å². The lowest BCUT2D eigenvalue weighted by atomic mass is 10.1. The fraction of sp³-hybridized carbons (Fsp3) is 0.678. The highest BCUT2D eigenvalue weighted by Gasteiger charge is 2.19. The predicted molar refractivity (Wildman–Crippen MR) is 279 cm³/mol. The zero-order valence-corrected chi connectivity index (χ0v) is 42.2. The highest BCUT2D eigenvalue weighted by atomic mass is 16.6. The van der Waals surface area contributed by atoms with Crippen LogP contribution in [-0.2, 0) is 28.6 Å². The third-order valence-corrected chi connectivity index (χ3v) is 11.1. The maximum Gasteiger partial charge on any atom is 0.306 e. The minimum Gasteiger partial charge on any atom is -0.462 e. The van der Waals surface area contributed by atoms with Crippen LogP contribution in [0, 0.1) is 0 Å². The first kappa shape index (κ1) is 61.3. The zero-order valence-electron chi connectivity index (χ0n) is 42.2. The van der Waals surface area contributed by atoms with Gasteiger partial charge in [0.25, 0.3) is 0 Å². The molecular formula is C59H98O6. The number of carbonyl (C=O) groups excluding carboxylic acids is 3. The third kappa shape index (κ3) is 51.2. The summed E-state index contributed by atoms with van der Waals surface area (Å²) >= 11 is 0. The Morgan fingerprint density at radius 3 is 1.05 bits per heavy atom. The summed E-state index contributed by atoms with van der Waals surface area (Å²) in [4.78, 5) is 38.0. The summed E-state index contributed by atoms with van der Waals surface area (Å²) < 4.78 is 16.7. The molecule has 6 heteroatoms. The molecule has 0 saturated heterocycles. The van der Waals surface area contributed by atoms with Crippen molar-refractivity contribution in [2.75, 3.05) is 13.2 Å². The van der Waals surface area contributed by atoms with E-state index in [0.717, 1.165) is 103 Å². The Hall–Kier alpha value is -3.67. The maximum atomic E-state index is 12.8. The molecule has 0 spiro atoms. The Morgan fingerprint density at radius 1 is 0.323 bits per heavy atom. The van der Waals surface area contributed by atoms with E-state index in [4.69, 9.17) is 14.2 Å². The van der Waals surface area contributed by atoms with Crippen LogP contribution < -0.4 is 0 Å². The van der Waals surface area contributed by atoms with Crippen LogP contribution in [0.3, 0.4) is 0 Å². The van der Waals surface area contributed by atoms with Gasteiger partial charge in [-0.3, -0.25) is 14.4 Å². The van der Waals surface area contributed by atoms with Gasteiger partial charge in [-0.15, -0.1) is 0 Å². The number of rotatable bonds is 47. The molecule has 0 heterocycles. The molecule has 0 N–H and O–H groups in total. The van der Waals surface area contributed by atoms with E-state index in [9.17, 15) is 14.4 Å². The van der Waals surface area contributed by atoms with Gasteiger partial charge < -0.3 is 14.2 Å². The molecular weight excluding hydrogens is 805 g/mol. The molecule has 0 amide bonds. The largest absolute Gasteiger partial charge is 0.462 e. The van der Waals surface area contributed by atoms with Gasteiger partial charge in [0.1, 0.15) is 13.2 Å². The van der Waals surface area contributed by atoms with Gasteiger partial charge in [0.15, 0.2) is 6.10 Å². The normalized spacial score (nSPS) is 12.8. The van der Waals surface area contributed by atoms with Gasteiger partial charge in [-0.05, 0) is 103 Å². The van der Waals surface area contributed by atoms with Crippen molar-refractivity contribution in [1.82, 2.24) is 0 Å². The van der Waals surface area contributed by atoms with E-state index in [1.54, 1.807) is 0 Å². The Balaban J connectivity index is 4.45. The quantitative estimate of drug-likeness (QED) is 0.0262. The molecule has 0 aliphatic carbocycles. The minimum absolute atomic E-state index is 0.108. The van der Waals surface area contributed by atoms with E-state index >= 15 is 0 Å². The molecule has 0 aliphatic rings. The average Bonchev–Trinajstić information content (AvgIpc) is 3.30. The summed E-state index contributed by atoms with van der Waals surface area (Å²) in [6.07, 6.45) is 69.8. The fourth-order valence-corrected chi connectivity index (χ4v) is 7.11. The van der Waals surface area contributed by atoms with E-state index < -0.39 is 6.10 Å². The van der Waals surface area contributed by atoms with Crippen LogP contribution in [-0.4, -0.2) is 37.2 Å². The van der Waals surface area contributed by atoms with Gasteiger partial charge in [-0.25, -0.2) is 0 Å². The van der Waals surface area contributed by atoms with Crippen LogP contribution >= 0.6 is 0 Å². The van der Waals surface area contributed by atoms with Crippen molar-refractivity contribution in [2.45, 2.75) is 245 Å². The van der Waals surface area contributed by atoms with Crippen molar-refractivity contribution in [3.8, 4) is 0 Å². The van der Waals surface area contributed by atoms with E-state index in [1.807, 2.05) is 12.2 Å². The number of allylic oxidation sites excluding steroid dienone is 16. The van der Waals surface area contributed by atoms with Crippen LogP contribution in [0.5, 0.6) is 0 Å². The molecule has 0 aromatic heterocycles. The molecule has 0 aromatic carbocycles. The molecule has 0 radical (unpaired) electrons. The summed E-state index contributed by atoms with van der Waals surface area (Å²) in [6.45, 7) is 6.32. The number of hydrogen-bond donors (Lipinski definition) is 0. The van der Waals surface area contributed by atoms with Gasteiger partial charge in [-0.2, -0.15) is 0 Å². The number of hydrogen-bond acceptors (Lipinski definition) is 6. The smallest absolute Gasteiger partial charge is 0.306 e. The van der Waals surface area contributed by atoms with Crippen LogP contribution in [0.2, 0.25) is 0 Å². The van der Waals surface area contributed by atoms with E-state index in [0.29, 0.717) is 19.3 Å². The van der Waals surface area contributed by atoms with Gasteiger partial charge in [0, 0.05) is 19.3 Å². The van der Waals surface area contributed by atoms with Crippen molar-refractivity contribution in [3.05, 3.63) is 97.2 Å². The standard InChI is InChI=1S/C59H98O6/c1-4-7-10-13-16-19-22-25-27-28-29-30-32-34-37-40-43-46-49-52-58(61)64-55-56(54-63-57(60)51-48-45-42-39-36-33-24-21-18-15-12-9-6-3)65-59(62)53-50-47-44-41-38-35-31-26-23-20-17-14-11-8-5-2/h8-9,11-12,17-18,20-21,25-27,31,33,36,42,45,56H,4-7,10,13-16,19,22-24,28-30,32,34-35,37-41,43-44,46-55H2,1-3H3/b11-8-,12-9-,20-17-,21-18-,27-25-,31-26-,36-33-,45-42-. The van der Waals surface area contributed by atoms with Crippen molar-refractivity contribution >= 4 is 17.9 Å². The molecule has 1 atom stereocenters. The lowest BCUT2D eigenvalue weighted by Crippen LogP contribution is -2.30. The molecule has 1 unspecified atom stereocenters. The second-order valence-corrected chi connectivity index (χ2v) is 17.4. The number of carbonyl (C=O) groups is 3. The number of unbranched alkanes of at least 4 members (excludes halogenated alkanes) is 20. The van der Waals surface area contributed by atoms with E-state index in [2.05, 4.69) is 106 Å². The molecule has 0 rings (SSSR count). The summed E-state index contributed by atoms with van der Waals surface area (Å²) in [5.74, 6) is -1.01. The van der Waals surface area contributed by atoms with Crippen LogP contribution in [0.25, 0.3) is 0 Å². The highest BCUT2D eigenvalue weighted by molar-refractivity contribution is 5.71. The Bertz CT molecular complexity index is 1310.